The van der Waals surface area contributed by atoms with Crippen LogP contribution in [0, 0.1) is 5.92 Å². The van der Waals surface area contributed by atoms with Gasteiger partial charge in [0.25, 0.3) is 5.91 Å². The Labute approximate surface area is 204 Å². The Hall–Kier alpha value is -3.35. The van der Waals surface area contributed by atoms with Crippen molar-refractivity contribution in [2.75, 3.05) is 31.6 Å². The van der Waals surface area contributed by atoms with Gasteiger partial charge in [0.05, 0.1) is 16.8 Å². The molecular weight excluding hydrogens is 483 g/mol. The third-order valence-electron chi connectivity index (χ3n) is 6.28. The molecule has 0 unspecified atom stereocenters. The second kappa shape index (κ2) is 10.3. The second-order valence-electron chi connectivity index (χ2n) is 9.02. The third-order valence-corrected chi connectivity index (χ3v) is 6.28. The van der Waals surface area contributed by atoms with E-state index in [1.165, 1.54) is 11.0 Å². The SMILES string of the molecule is CCc1nc2[nH]c(C(=O)NC3CCN(C(=O)CO)CC3)c(OCC(F)(F)F)c2cc1NC(=O)C1CC1. The predicted octanol–water partition coefficient (Wildman–Crippen LogP) is 2.13. The molecule has 10 nitrogen and oxygen atoms in total. The molecule has 36 heavy (non-hydrogen) atoms. The standard InChI is InChI=1S/C23H28F3N5O5/c1-2-15-16(29-21(34)12-3-4-12)9-14-19(36-11-23(24,25)26)18(30-20(14)28-15)22(35)27-13-5-7-31(8-6-13)17(33)10-32/h9,12-13,32H,2-8,10-11H2,1H3,(H,27,35)(H,28,30)(H,29,34). The number of hydrogen-bond donors (Lipinski definition) is 4. The lowest BCUT2D eigenvalue weighted by molar-refractivity contribution is -0.153. The van der Waals surface area contributed by atoms with E-state index in [-0.39, 0.29) is 40.3 Å². The van der Waals surface area contributed by atoms with Crippen molar-refractivity contribution >= 4 is 34.4 Å². The lowest BCUT2D eigenvalue weighted by Crippen LogP contribution is -2.47. The van der Waals surface area contributed by atoms with Gasteiger partial charge in [0.15, 0.2) is 12.4 Å². The van der Waals surface area contributed by atoms with E-state index in [0.717, 1.165) is 12.8 Å². The first-order valence-corrected chi connectivity index (χ1v) is 11.8. The molecule has 1 saturated carbocycles. The molecule has 3 amide bonds. The summed E-state index contributed by atoms with van der Waals surface area (Å²) < 4.78 is 44.0. The summed E-state index contributed by atoms with van der Waals surface area (Å²) in [4.78, 5) is 45.8. The van der Waals surface area contributed by atoms with Crippen LogP contribution in [-0.4, -0.2) is 76.2 Å². The molecule has 1 aliphatic heterocycles. The van der Waals surface area contributed by atoms with Gasteiger partial charge in [-0.25, -0.2) is 4.98 Å². The van der Waals surface area contributed by atoms with Crippen LogP contribution in [0.1, 0.15) is 48.8 Å². The van der Waals surface area contributed by atoms with Crippen molar-refractivity contribution in [2.45, 2.75) is 51.2 Å². The molecule has 0 radical (unpaired) electrons. The number of H-pyrrole nitrogens is 1. The molecule has 1 aliphatic carbocycles. The first kappa shape index (κ1) is 25.7. The molecule has 4 N–H and O–H groups in total. The first-order chi connectivity index (χ1) is 17.1. The summed E-state index contributed by atoms with van der Waals surface area (Å²) in [5.41, 5.74) is 0.851. The van der Waals surface area contributed by atoms with Gasteiger partial charge in [-0.15, -0.1) is 0 Å². The highest BCUT2D eigenvalue weighted by Crippen LogP contribution is 2.35. The number of pyridine rings is 1. The van der Waals surface area contributed by atoms with Gasteiger partial charge in [-0.3, -0.25) is 14.4 Å². The molecule has 0 bridgehead atoms. The number of likely N-dealkylation sites (tertiary alicyclic amines) is 1. The maximum absolute atomic E-state index is 13.1. The Morgan fingerprint density at radius 1 is 1.22 bits per heavy atom. The van der Waals surface area contributed by atoms with Gasteiger partial charge in [-0.05, 0) is 38.2 Å². The summed E-state index contributed by atoms with van der Waals surface area (Å²) in [6, 6.07) is 1.16. The number of ether oxygens (including phenoxy) is 1. The highest BCUT2D eigenvalue weighted by atomic mass is 19.4. The molecular formula is C23H28F3N5O5. The van der Waals surface area contributed by atoms with Crippen molar-refractivity contribution in [1.29, 1.82) is 0 Å². The Morgan fingerprint density at radius 2 is 1.92 bits per heavy atom. The summed E-state index contributed by atoms with van der Waals surface area (Å²) in [5, 5.41) is 14.7. The quantitative estimate of drug-likeness (QED) is 0.429. The van der Waals surface area contributed by atoms with Crippen LogP contribution in [0.15, 0.2) is 6.07 Å². The number of anilines is 1. The largest absolute Gasteiger partial charge is 0.481 e. The average Bonchev–Trinajstić information content (AvgIpc) is 3.63. The van der Waals surface area contributed by atoms with Crippen LogP contribution in [-0.2, 0) is 16.0 Å². The smallest absolute Gasteiger partial charge is 0.422 e. The molecule has 4 rings (SSSR count). The van der Waals surface area contributed by atoms with E-state index in [4.69, 9.17) is 9.84 Å². The number of rotatable bonds is 8. The van der Waals surface area contributed by atoms with Crippen LogP contribution in [0.25, 0.3) is 11.0 Å². The number of carbonyl (C=O) groups excluding carboxylic acids is 3. The number of aryl methyl sites for hydroxylation is 1. The van der Waals surface area contributed by atoms with Gasteiger partial charge in [0.2, 0.25) is 11.8 Å². The van der Waals surface area contributed by atoms with E-state index < -0.39 is 31.2 Å². The number of aliphatic hydroxyl groups is 1. The van der Waals surface area contributed by atoms with Crippen LogP contribution < -0.4 is 15.4 Å². The van der Waals surface area contributed by atoms with Crippen molar-refractivity contribution in [2.24, 2.45) is 5.92 Å². The van der Waals surface area contributed by atoms with Crippen molar-refractivity contribution in [3.8, 4) is 5.75 Å². The number of alkyl halides is 3. The highest BCUT2D eigenvalue weighted by molar-refractivity contribution is 6.04. The lowest BCUT2D eigenvalue weighted by atomic mass is 10.0. The molecule has 2 aromatic rings. The number of aromatic amines is 1. The highest BCUT2D eigenvalue weighted by Gasteiger charge is 2.33. The van der Waals surface area contributed by atoms with E-state index >= 15 is 0 Å². The van der Waals surface area contributed by atoms with Crippen molar-refractivity contribution in [3.05, 3.63) is 17.5 Å². The fraction of sp³-hybridized carbons (Fsp3) is 0.565. The van der Waals surface area contributed by atoms with Crippen molar-refractivity contribution in [3.63, 3.8) is 0 Å². The minimum atomic E-state index is -4.64. The maximum Gasteiger partial charge on any atom is 0.422 e. The Balaban J connectivity index is 1.61. The normalized spacial score (nSPS) is 16.8. The van der Waals surface area contributed by atoms with Gasteiger partial charge < -0.3 is 30.4 Å². The van der Waals surface area contributed by atoms with Crippen LogP contribution in [0.4, 0.5) is 18.9 Å². The number of amides is 3. The molecule has 0 atom stereocenters. The van der Waals surface area contributed by atoms with E-state index in [1.807, 2.05) is 6.92 Å². The molecule has 0 spiro atoms. The monoisotopic (exact) mass is 511 g/mol. The van der Waals surface area contributed by atoms with Crippen LogP contribution >= 0.6 is 0 Å². The second-order valence-corrected chi connectivity index (χ2v) is 9.02. The fourth-order valence-corrected chi connectivity index (χ4v) is 4.18. The molecule has 13 heteroatoms. The minimum absolute atomic E-state index is 0.0852. The zero-order valence-electron chi connectivity index (χ0n) is 19.7. The Morgan fingerprint density at radius 3 is 2.50 bits per heavy atom. The topological polar surface area (TPSA) is 137 Å². The van der Waals surface area contributed by atoms with Gasteiger partial charge >= 0.3 is 6.18 Å². The van der Waals surface area contributed by atoms with Gasteiger partial charge in [-0.2, -0.15) is 13.2 Å². The number of hydrogen-bond acceptors (Lipinski definition) is 6. The number of fused-ring (bicyclic) bond motifs is 1. The van der Waals surface area contributed by atoms with E-state index in [0.29, 0.717) is 43.7 Å². The summed E-state index contributed by atoms with van der Waals surface area (Å²) in [6.45, 7) is 0.287. The molecule has 2 aliphatic rings. The summed E-state index contributed by atoms with van der Waals surface area (Å²) in [6.07, 6.45) is -1.78. The number of nitrogens with one attached hydrogen (secondary N) is 3. The predicted molar refractivity (Wildman–Crippen MR) is 123 cm³/mol. The zero-order valence-corrected chi connectivity index (χ0v) is 19.7. The number of halogens is 3. The molecule has 0 aromatic carbocycles. The molecule has 196 valence electrons. The number of aliphatic hydroxyl groups excluding tert-OH is 1. The van der Waals surface area contributed by atoms with Crippen LogP contribution in [0.5, 0.6) is 5.75 Å². The fourth-order valence-electron chi connectivity index (χ4n) is 4.18. The molecule has 3 heterocycles. The zero-order chi connectivity index (χ0) is 26.0. The molecule has 2 fully saturated rings. The number of aromatic nitrogens is 2. The lowest BCUT2D eigenvalue weighted by Gasteiger charge is -2.32. The average molecular weight is 512 g/mol. The maximum atomic E-state index is 13.1. The van der Waals surface area contributed by atoms with Gasteiger partial charge in [-0.1, -0.05) is 6.92 Å². The Bertz CT molecular complexity index is 1150. The van der Waals surface area contributed by atoms with E-state index in [2.05, 4.69) is 20.6 Å². The molecule has 2 aromatic heterocycles. The summed E-state index contributed by atoms with van der Waals surface area (Å²) >= 11 is 0. The van der Waals surface area contributed by atoms with Crippen LogP contribution in [0.3, 0.4) is 0 Å². The first-order valence-electron chi connectivity index (χ1n) is 11.8. The number of carbonyl (C=O) groups is 3. The number of piperidine rings is 1. The summed E-state index contributed by atoms with van der Waals surface area (Å²) in [7, 11) is 0. The van der Waals surface area contributed by atoms with Crippen molar-refractivity contribution in [1.82, 2.24) is 20.2 Å². The molecule has 1 saturated heterocycles. The van der Waals surface area contributed by atoms with E-state index in [1.54, 1.807) is 0 Å². The Kier molecular flexibility index (Phi) is 7.38. The number of nitrogens with zero attached hydrogens (tertiary/aromatic N) is 2. The summed E-state index contributed by atoms with van der Waals surface area (Å²) in [5.74, 6) is -1.63. The van der Waals surface area contributed by atoms with Gasteiger partial charge in [0, 0.05) is 25.0 Å². The minimum Gasteiger partial charge on any atom is -0.481 e. The van der Waals surface area contributed by atoms with Gasteiger partial charge in [0.1, 0.15) is 17.9 Å². The van der Waals surface area contributed by atoms with Crippen LogP contribution in [0.2, 0.25) is 0 Å². The van der Waals surface area contributed by atoms with Crippen molar-refractivity contribution < 1.29 is 37.4 Å². The third kappa shape index (κ3) is 5.89. The van der Waals surface area contributed by atoms with E-state index in [9.17, 15) is 27.6 Å².